The van der Waals surface area contributed by atoms with E-state index in [9.17, 15) is 0 Å². The number of anilines is 1. The second-order valence-electron chi connectivity index (χ2n) is 3.73. The number of nitrogen functional groups attached to an aromatic ring is 1. The highest BCUT2D eigenvalue weighted by Gasteiger charge is 2.16. The van der Waals surface area contributed by atoms with Crippen LogP contribution in [0.5, 0.6) is 5.88 Å². The Balaban J connectivity index is 2.39. The van der Waals surface area contributed by atoms with Gasteiger partial charge in [0.2, 0.25) is 5.88 Å². The summed E-state index contributed by atoms with van der Waals surface area (Å²) in [5.41, 5.74) is 7.63. The number of aryl methyl sites for hydroxylation is 2. The van der Waals surface area contributed by atoms with Crippen LogP contribution >= 0.6 is 11.6 Å². The summed E-state index contributed by atoms with van der Waals surface area (Å²) in [6.07, 6.45) is 1.52. The Bertz CT molecular complexity index is 545. The molecule has 0 bridgehead atoms. The van der Waals surface area contributed by atoms with Crippen LogP contribution in [-0.4, -0.2) is 26.7 Å². The molecule has 0 saturated carbocycles. The molecule has 92 valence electrons. The standard InChI is InChI=1S/C10H14ClN5O/c1-6-7(10(17-3)15(2)14-6)5-16-9(12)8(11)4-13-16/h4H,5,12H2,1-3H3. The zero-order chi connectivity index (χ0) is 12.6. The van der Waals surface area contributed by atoms with Crippen LogP contribution in [0.3, 0.4) is 0 Å². The number of aromatic nitrogens is 4. The molecule has 2 aromatic rings. The van der Waals surface area contributed by atoms with Gasteiger partial charge in [-0.3, -0.25) is 0 Å². The Morgan fingerprint density at radius 3 is 2.76 bits per heavy atom. The average Bonchev–Trinajstić information content (AvgIpc) is 2.73. The molecule has 2 heterocycles. The van der Waals surface area contributed by atoms with Gasteiger partial charge in [0.05, 0.1) is 31.1 Å². The van der Waals surface area contributed by atoms with E-state index in [-0.39, 0.29) is 0 Å². The van der Waals surface area contributed by atoms with Gasteiger partial charge in [0.25, 0.3) is 0 Å². The molecule has 0 amide bonds. The Kier molecular flexibility index (Phi) is 2.97. The lowest BCUT2D eigenvalue weighted by molar-refractivity contribution is 0.368. The lowest BCUT2D eigenvalue weighted by atomic mass is 10.2. The van der Waals surface area contributed by atoms with Gasteiger partial charge in [-0.2, -0.15) is 10.2 Å². The third-order valence-corrected chi connectivity index (χ3v) is 2.91. The zero-order valence-corrected chi connectivity index (χ0v) is 10.7. The van der Waals surface area contributed by atoms with Crippen molar-refractivity contribution in [1.29, 1.82) is 0 Å². The first kappa shape index (κ1) is 11.8. The van der Waals surface area contributed by atoms with Crippen molar-refractivity contribution in [2.75, 3.05) is 12.8 Å². The van der Waals surface area contributed by atoms with E-state index in [1.54, 1.807) is 16.5 Å². The van der Waals surface area contributed by atoms with Crippen LogP contribution in [0.15, 0.2) is 6.20 Å². The van der Waals surface area contributed by atoms with Crippen molar-refractivity contribution < 1.29 is 4.74 Å². The van der Waals surface area contributed by atoms with E-state index in [0.717, 1.165) is 11.3 Å². The van der Waals surface area contributed by atoms with Crippen molar-refractivity contribution in [3.8, 4) is 5.88 Å². The summed E-state index contributed by atoms with van der Waals surface area (Å²) in [7, 11) is 3.44. The van der Waals surface area contributed by atoms with Gasteiger partial charge in [0.1, 0.15) is 10.8 Å². The Morgan fingerprint density at radius 1 is 1.53 bits per heavy atom. The number of methoxy groups -OCH3 is 1. The van der Waals surface area contributed by atoms with E-state index in [4.69, 9.17) is 22.1 Å². The van der Waals surface area contributed by atoms with Gasteiger partial charge >= 0.3 is 0 Å². The summed E-state index contributed by atoms with van der Waals surface area (Å²) >= 11 is 5.85. The van der Waals surface area contributed by atoms with Crippen LogP contribution in [0.2, 0.25) is 5.02 Å². The quantitative estimate of drug-likeness (QED) is 0.895. The number of ether oxygens (including phenoxy) is 1. The molecule has 0 radical (unpaired) electrons. The topological polar surface area (TPSA) is 70.9 Å². The van der Waals surface area contributed by atoms with E-state index in [1.807, 2.05) is 14.0 Å². The van der Waals surface area contributed by atoms with Crippen molar-refractivity contribution in [1.82, 2.24) is 19.6 Å². The van der Waals surface area contributed by atoms with E-state index in [2.05, 4.69) is 10.2 Å². The highest BCUT2D eigenvalue weighted by molar-refractivity contribution is 6.32. The molecule has 6 nitrogen and oxygen atoms in total. The van der Waals surface area contributed by atoms with Crippen molar-refractivity contribution in [3.63, 3.8) is 0 Å². The molecule has 0 aliphatic rings. The van der Waals surface area contributed by atoms with Crippen molar-refractivity contribution in [2.24, 2.45) is 7.05 Å². The number of halogens is 1. The third kappa shape index (κ3) is 1.95. The summed E-state index contributed by atoms with van der Waals surface area (Å²) < 4.78 is 8.61. The van der Waals surface area contributed by atoms with Gasteiger partial charge in [-0.1, -0.05) is 11.6 Å². The van der Waals surface area contributed by atoms with Crippen LogP contribution in [-0.2, 0) is 13.6 Å². The zero-order valence-electron chi connectivity index (χ0n) is 9.94. The predicted octanol–water partition coefficient (Wildman–Crippen LogP) is 1.22. The Labute approximate surface area is 104 Å². The SMILES string of the molecule is COc1c(Cn2ncc(Cl)c2N)c(C)nn1C. The third-order valence-electron chi connectivity index (χ3n) is 2.62. The van der Waals surface area contributed by atoms with Gasteiger partial charge < -0.3 is 10.5 Å². The Morgan fingerprint density at radius 2 is 2.24 bits per heavy atom. The van der Waals surface area contributed by atoms with E-state index in [0.29, 0.717) is 23.3 Å². The largest absolute Gasteiger partial charge is 0.481 e. The fraction of sp³-hybridized carbons (Fsp3) is 0.400. The number of hydrogen-bond acceptors (Lipinski definition) is 4. The minimum absolute atomic E-state index is 0.442. The first-order valence-corrected chi connectivity index (χ1v) is 5.45. The smallest absolute Gasteiger partial charge is 0.216 e. The molecule has 2 rings (SSSR count). The lowest BCUT2D eigenvalue weighted by Gasteiger charge is -2.06. The molecular weight excluding hydrogens is 242 g/mol. The average molecular weight is 256 g/mol. The molecule has 0 aliphatic heterocycles. The van der Waals surface area contributed by atoms with Gasteiger partial charge in [-0.15, -0.1) is 0 Å². The molecule has 2 N–H and O–H groups in total. The molecule has 7 heteroatoms. The normalized spacial score (nSPS) is 10.8. The summed E-state index contributed by atoms with van der Waals surface area (Å²) in [5, 5.41) is 8.84. The number of nitrogens with two attached hydrogens (primary N) is 1. The number of nitrogens with zero attached hydrogens (tertiary/aromatic N) is 4. The molecule has 0 atom stereocenters. The molecule has 0 spiro atoms. The monoisotopic (exact) mass is 255 g/mol. The number of rotatable bonds is 3. The maximum absolute atomic E-state index is 5.85. The molecular formula is C10H14ClN5O. The molecule has 0 fully saturated rings. The van der Waals surface area contributed by atoms with Crippen LogP contribution < -0.4 is 10.5 Å². The van der Waals surface area contributed by atoms with Gasteiger partial charge in [0.15, 0.2) is 0 Å². The predicted molar refractivity (Wildman–Crippen MR) is 65.2 cm³/mol. The second-order valence-corrected chi connectivity index (χ2v) is 4.14. The number of hydrogen-bond donors (Lipinski definition) is 1. The maximum Gasteiger partial charge on any atom is 0.216 e. The van der Waals surface area contributed by atoms with Gasteiger partial charge in [0, 0.05) is 7.05 Å². The van der Waals surface area contributed by atoms with Crippen LogP contribution in [0.4, 0.5) is 5.82 Å². The highest BCUT2D eigenvalue weighted by Crippen LogP contribution is 2.24. The molecule has 17 heavy (non-hydrogen) atoms. The molecule has 0 unspecified atom stereocenters. The fourth-order valence-electron chi connectivity index (χ4n) is 1.77. The summed E-state index contributed by atoms with van der Waals surface area (Å²) in [4.78, 5) is 0. The van der Waals surface area contributed by atoms with E-state index in [1.165, 1.54) is 6.20 Å². The van der Waals surface area contributed by atoms with Crippen molar-refractivity contribution >= 4 is 17.4 Å². The summed E-state index contributed by atoms with van der Waals surface area (Å²) in [6, 6.07) is 0. The molecule has 0 aromatic carbocycles. The second kappa shape index (κ2) is 4.29. The first-order valence-electron chi connectivity index (χ1n) is 5.07. The van der Waals surface area contributed by atoms with Gasteiger partial charge in [-0.05, 0) is 6.92 Å². The van der Waals surface area contributed by atoms with Crippen LogP contribution in [0.1, 0.15) is 11.3 Å². The van der Waals surface area contributed by atoms with Crippen LogP contribution in [0.25, 0.3) is 0 Å². The van der Waals surface area contributed by atoms with Crippen LogP contribution in [0, 0.1) is 6.92 Å². The fourth-order valence-corrected chi connectivity index (χ4v) is 1.91. The highest BCUT2D eigenvalue weighted by atomic mass is 35.5. The summed E-state index contributed by atoms with van der Waals surface area (Å²) in [5.74, 6) is 1.14. The van der Waals surface area contributed by atoms with Crippen molar-refractivity contribution in [3.05, 3.63) is 22.5 Å². The lowest BCUT2D eigenvalue weighted by Crippen LogP contribution is -2.07. The minimum Gasteiger partial charge on any atom is -0.481 e. The molecule has 0 aliphatic carbocycles. The summed E-state index contributed by atoms with van der Waals surface area (Å²) in [6.45, 7) is 2.40. The first-order chi connectivity index (χ1) is 8.04. The molecule has 0 saturated heterocycles. The van der Waals surface area contributed by atoms with Gasteiger partial charge in [-0.25, -0.2) is 9.36 Å². The minimum atomic E-state index is 0.442. The maximum atomic E-state index is 5.85. The van der Waals surface area contributed by atoms with E-state index < -0.39 is 0 Å². The van der Waals surface area contributed by atoms with E-state index >= 15 is 0 Å². The Hall–Kier alpha value is -1.69. The van der Waals surface area contributed by atoms with Crippen molar-refractivity contribution in [2.45, 2.75) is 13.5 Å². The molecule has 2 aromatic heterocycles.